The highest BCUT2D eigenvalue weighted by atomic mass is 35.5. The number of amides is 3. The van der Waals surface area contributed by atoms with Crippen LogP contribution in [-0.2, 0) is 9.59 Å². The van der Waals surface area contributed by atoms with Crippen LogP contribution in [0, 0.1) is 10.1 Å². The Kier molecular flexibility index (Phi) is 8.15. The number of nitro benzene ring substituents is 1. The quantitative estimate of drug-likeness (QED) is 0.255. The van der Waals surface area contributed by atoms with Gasteiger partial charge in [-0.05, 0) is 36.3 Å². The molecule has 2 aromatic rings. The van der Waals surface area contributed by atoms with E-state index in [1.165, 1.54) is 40.9 Å². The minimum absolute atomic E-state index is 0.0428. The summed E-state index contributed by atoms with van der Waals surface area (Å²) in [7, 11) is 0. The summed E-state index contributed by atoms with van der Waals surface area (Å²) in [5.41, 5.74) is 5.24. The molecular weight excluding hydrogens is 488 g/mol. The number of thiocarbonyl (C=S) groups is 1. The number of nitro groups is 1. The number of rotatable bonds is 7. The van der Waals surface area contributed by atoms with Gasteiger partial charge in [0.25, 0.3) is 17.5 Å². The van der Waals surface area contributed by atoms with E-state index in [1.54, 1.807) is 24.3 Å². The van der Waals surface area contributed by atoms with Crippen molar-refractivity contribution in [3.8, 4) is 0 Å². The fourth-order valence-electron chi connectivity index (χ4n) is 2.82. The number of non-ortho nitro benzene ring substituents is 1. The molecule has 0 atom stereocenters. The van der Waals surface area contributed by atoms with Crippen molar-refractivity contribution >= 4 is 69.4 Å². The molecule has 1 heterocycles. The lowest BCUT2D eigenvalue weighted by Crippen LogP contribution is -2.41. The molecule has 0 aliphatic carbocycles. The summed E-state index contributed by atoms with van der Waals surface area (Å²) in [6, 6.07) is 12.1. The van der Waals surface area contributed by atoms with Crippen LogP contribution in [0.2, 0.25) is 5.02 Å². The van der Waals surface area contributed by atoms with Crippen LogP contribution in [0.5, 0.6) is 0 Å². The number of halogens is 1. The van der Waals surface area contributed by atoms with Gasteiger partial charge in [-0.15, -0.1) is 0 Å². The topological polar surface area (TPSA) is 122 Å². The number of hydrogen-bond donors (Lipinski definition) is 2. The first-order chi connectivity index (χ1) is 15.8. The average molecular weight is 505 g/mol. The van der Waals surface area contributed by atoms with E-state index in [0.717, 1.165) is 0 Å². The van der Waals surface area contributed by atoms with Crippen molar-refractivity contribution in [2.24, 2.45) is 0 Å². The zero-order valence-electron chi connectivity index (χ0n) is 16.9. The van der Waals surface area contributed by atoms with E-state index in [2.05, 4.69) is 10.9 Å². The lowest BCUT2D eigenvalue weighted by Gasteiger charge is -2.14. The highest BCUT2D eigenvalue weighted by Crippen LogP contribution is 2.33. The molecule has 33 heavy (non-hydrogen) atoms. The summed E-state index contributed by atoms with van der Waals surface area (Å²) in [5.74, 6) is -1.32. The number of carbonyl (C=O) groups is 3. The molecule has 9 nitrogen and oxygen atoms in total. The Bertz CT molecular complexity index is 1150. The molecule has 0 spiro atoms. The highest BCUT2D eigenvalue weighted by Gasteiger charge is 2.31. The Morgan fingerprint density at radius 2 is 1.85 bits per heavy atom. The number of hydrazine groups is 1. The molecule has 12 heteroatoms. The summed E-state index contributed by atoms with van der Waals surface area (Å²) in [6.07, 6.45) is 2.05. The van der Waals surface area contributed by atoms with Crippen molar-refractivity contribution in [3.05, 3.63) is 79.7 Å². The van der Waals surface area contributed by atoms with Crippen LogP contribution in [0.3, 0.4) is 0 Å². The van der Waals surface area contributed by atoms with Gasteiger partial charge in [-0.2, -0.15) is 0 Å². The van der Waals surface area contributed by atoms with Crippen molar-refractivity contribution in [1.82, 2.24) is 15.8 Å². The number of carbonyl (C=O) groups excluding carboxylic acids is 3. The largest absolute Gasteiger partial charge is 0.293 e. The minimum atomic E-state index is -0.611. The maximum atomic E-state index is 12.7. The van der Waals surface area contributed by atoms with Crippen molar-refractivity contribution in [2.75, 3.05) is 6.54 Å². The first-order valence-electron chi connectivity index (χ1n) is 9.60. The predicted octanol–water partition coefficient (Wildman–Crippen LogP) is 3.69. The Morgan fingerprint density at radius 3 is 2.52 bits per heavy atom. The van der Waals surface area contributed by atoms with E-state index in [0.29, 0.717) is 26.2 Å². The number of hydrogen-bond acceptors (Lipinski definition) is 7. The van der Waals surface area contributed by atoms with Gasteiger partial charge in [0.1, 0.15) is 4.32 Å². The molecule has 0 saturated carbocycles. The first-order valence-corrected chi connectivity index (χ1v) is 11.2. The van der Waals surface area contributed by atoms with Crippen LogP contribution < -0.4 is 10.9 Å². The summed E-state index contributed by atoms with van der Waals surface area (Å²) in [4.78, 5) is 48.6. The molecule has 0 bridgehead atoms. The second-order valence-corrected chi connectivity index (χ2v) is 8.85. The standard InChI is InChI=1S/C21H17ClN4O5S2/c22-16-5-2-1-4-14(16)12-17-20(29)25(21(32)33-17)11-3-6-18(27)23-24-19(28)13-7-9-15(10-8-13)26(30)31/h1-2,4-5,7-10,12H,3,6,11H2,(H,23,27)(H,24,28)/b17-12-. The summed E-state index contributed by atoms with van der Waals surface area (Å²) < 4.78 is 0.394. The summed E-state index contributed by atoms with van der Waals surface area (Å²) >= 11 is 12.6. The molecule has 1 fully saturated rings. The SMILES string of the molecule is O=C(CCCN1C(=O)/C(=C/c2ccccc2Cl)SC1=S)NNC(=O)c1ccc([N+](=O)[O-])cc1. The number of nitrogens with one attached hydrogen (secondary N) is 2. The monoisotopic (exact) mass is 504 g/mol. The Labute approximate surface area is 203 Å². The minimum Gasteiger partial charge on any atom is -0.293 e. The molecular formula is C21H17ClN4O5S2. The third-order valence-corrected chi connectivity index (χ3v) is 6.23. The number of benzene rings is 2. The van der Waals surface area contributed by atoms with Crippen LogP contribution >= 0.6 is 35.6 Å². The maximum Gasteiger partial charge on any atom is 0.269 e. The first kappa shape index (κ1) is 24.4. The fraction of sp³-hybridized carbons (Fsp3) is 0.143. The molecule has 2 aromatic carbocycles. The van der Waals surface area contributed by atoms with Crippen LogP contribution in [0.1, 0.15) is 28.8 Å². The smallest absolute Gasteiger partial charge is 0.269 e. The lowest BCUT2D eigenvalue weighted by atomic mass is 10.2. The lowest BCUT2D eigenvalue weighted by molar-refractivity contribution is -0.384. The van der Waals surface area contributed by atoms with Gasteiger partial charge in [-0.3, -0.25) is 40.2 Å². The molecule has 0 unspecified atom stereocenters. The van der Waals surface area contributed by atoms with E-state index in [1.807, 2.05) is 6.07 Å². The maximum absolute atomic E-state index is 12.7. The van der Waals surface area contributed by atoms with Crippen LogP contribution in [0.15, 0.2) is 53.4 Å². The molecule has 3 amide bonds. The van der Waals surface area contributed by atoms with E-state index in [4.69, 9.17) is 23.8 Å². The van der Waals surface area contributed by atoms with Crippen LogP contribution in [0.4, 0.5) is 5.69 Å². The van der Waals surface area contributed by atoms with E-state index in [9.17, 15) is 24.5 Å². The molecule has 170 valence electrons. The van der Waals surface area contributed by atoms with Crippen molar-refractivity contribution in [3.63, 3.8) is 0 Å². The van der Waals surface area contributed by atoms with Gasteiger partial charge in [0.05, 0.1) is 9.83 Å². The van der Waals surface area contributed by atoms with E-state index < -0.39 is 16.7 Å². The van der Waals surface area contributed by atoms with Crippen LogP contribution in [-0.4, -0.2) is 38.4 Å². The van der Waals surface area contributed by atoms with E-state index >= 15 is 0 Å². The predicted molar refractivity (Wildman–Crippen MR) is 129 cm³/mol. The normalized spacial score (nSPS) is 14.5. The molecule has 1 aliphatic rings. The summed E-state index contributed by atoms with van der Waals surface area (Å²) in [5, 5.41) is 11.2. The molecule has 1 saturated heterocycles. The molecule has 3 rings (SSSR count). The molecule has 2 N–H and O–H groups in total. The van der Waals surface area contributed by atoms with Crippen molar-refractivity contribution in [1.29, 1.82) is 0 Å². The zero-order valence-corrected chi connectivity index (χ0v) is 19.3. The van der Waals surface area contributed by atoms with Gasteiger partial charge in [-0.25, -0.2) is 0 Å². The van der Waals surface area contributed by atoms with Gasteiger partial charge < -0.3 is 0 Å². The number of nitrogens with zero attached hydrogens (tertiary/aromatic N) is 2. The fourth-order valence-corrected chi connectivity index (χ4v) is 4.31. The van der Waals surface area contributed by atoms with Gasteiger partial charge in [0.2, 0.25) is 5.91 Å². The van der Waals surface area contributed by atoms with E-state index in [-0.39, 0.29) is 30.1 Å². The molecule has 1 aliphatic heterocycles. The number of thioether (sulfide) groups is 1. The third-order valence-electron chi connectivity index (χ3n) is 4.51. The highest BCUT2D eigenvalue weighted by molar-refractivity contribution is 8.26. The molecule has 0 radical (unpaired) electrons. The average Bonchev–Trinajstić information content (AvgIpc) is 3.06. The van der Waals surface area contributed by atoms with Gasteiger partial charge >= 0.3 is 0 Å². The van der Waals surface area contributed by atoms with Gasteiger partial charge in [0.15, 0.2) is 0 Å². The Morgan fingerprint density at radius 1 is 1.15 bits per heavy atom. The summed E-state index contributed by atoms with van der Waals surface area (Å²) in [6.45, 7) is 0.244. The van der Waals surface area contributed by atoms with Crippen molar-refractivity contribution in [2.45, 2.75) is 12.8 Å². The van der Waals surface area contributed by atoms with Gasteiger partial charge in [0, 0.05) is 35.7 Å². The Hall–Kier alpha value is -3.28. The van der Waals surface area contributed by atoms with Crippen molar-refractivity contribution < 1.29 is 19.3 Å². The third kappa shape index (κ3) is 6.37. The van der Waals surface area contributed by atoms with Gasteiger partial charge in [-0.1, -0.05) is 53.8 Å². The zero-order chi connectivity index (χ0) is 24.0. The second-order valence-electron chi connectivity index (χ2n) is 6.76. The second kappa shape index (κ2) is 11.0. The van der Waals surface area contributed by atoms with Crippen LogP contribution in [0.25, 0.3) is 6.08 Å². The molecule has 0 aromatic heterocycles. The Balaban J connectivity index is 1.46.